The summed E-state index contributed by atoms with van der Waals surface area (Å²) >= 11 is 6.55. The Morgan fingerprint density at radius 3 is 2.29 bits per heavy atom. The summed E-state index contributed by atoms with van der Waals surface area (Å²) in [5.74, 6) is 0.547. The molecule has 0 fully saturated rings. The molecule has 28 heavy (non-hydrogen) atoms. The second-order valence-corrected chi connectivity index (χ2v) is 8.27. The maximum Gasteiger partial charge on any atom is 0.339 e. The SMILES string of the molecule is Cc1cc(C)c(C)c(COc2cc3oc(=O)c4c(c3cc2Cl)CCCC4)c1C. The molecular weight excluding hydrogens is 372 g/mol. The van der Waals surface area contributed by atoms with Crippen molar-refractivity contribution in [3.05, 3.63) is 72.6 Å². The summed E-state index contributed by atoms with van der Waals surface area (Å²) in [4.78, 5) is 12.4. The molecule has 0 radical (unpaired) electrons. The topological polar surface area (TPSA) is 39.4 Å². The molecule has 0 N–H and O–H groups in total. The molecule has 2 aromatic carbocycles. The predicted octanol–water partition coefficient (Wildman–Crippen LogP) is 6.14. The highest BCUT2D eigenvalue weighted by Crippen LogP contribution is 2.35. The van der Waals surface area contributed by atoms with E-state index in [4.69, 9.17) is 20.8 Å². The lowest BCUT2D eigenvalue weighted by atomic mass is 9.90. The molecule has 0 aliphatic heterocycles. The van der Waals surface area contributed by atoms with Crippen LogP contribution in [0, 0.1) is 27.7 Å². The van der Waals surface area contributed by atoms with E-state index in [9.17, 15) is 4.79 Å². The van der Waals surface area contributed by atoms with E-state index in [2.05, 4.69) is 33.8 Å². The Morgan fingerprint density at radius 2 is 1.61 bits per heavy atom. The Balaban J connectivity index is 1.73. The fourth-order valence-corrected chi connectivity index (χ4v) is 4.44. The van der Waals surface area contributed by atoms with Crippen LogP contribution in [-0.2, 0) is 19.4 Å². The molecule has 3 aromatic rings. The fourth-order valence-electron chi connectivity index (χ4n) is 4.22. The average molecular weight is 397 g/mol. The van der Waals surface area contributed by atoms with Gasteiger partial charge in [-0.05, 0) is 92.8 Å². The second kappa shape index (κ2) is 7.29. The van der Waals surface area contributed by atoms with E-state index in [0.717, 1.165) is 42.2 Å². The van der Waals surface area contributed by atoms with Crippen LogP contribution in [-0.4, -0.2) is 0 Å². The van der Waals surface area contributed by atoms with Gasteiger partial charge in [-0.3, -0.25) is 0 Å². The Morgan fingerprint density at radius 1 is 0.964 bits per heavy atom. The second-order valence-electron chi connectivity index (χ2n) is 7.86. The van der Waals surface area contributed by atoms with Gasteiger partial charge in [-0.1, -0.05) is 17.7 Å². The van der Waals surface area contributed by atoms with Gasteiger partial charge in [0.05, 0.1) is 5.02 Å². The van der Waals surface area contributed by atoms with Gasteiger partial charge in [0.15, 0.2) is 0 Å². The molecule has 0 amide bonds. The van der Waals surface area contributed by atoms with Gasteiger partial charge in [0.1, 0.15) is 17.9 Å². The van der Waals surface area contributed by atoms with Crippen LogP contribution in [0.1, 0.15) is 51.8 Å². The van der Waals surface area contributed by atoms with Crippen LogP contribution in [0.4, 0.5) is 0 Å². The third-order valence-electron chi connectivity index (χ3n) is 6.17. The number of rotatable bonds is 3. The van der Waals surface area contributed by atoms with Gasteiger partial charge < -0.3 is 9.15 Å². The van der Waals surface area contributed by atoms with Gasteiger partial charge in [0.25, 0.3) is 0 Å². The van der Waals surface area contributed by atoms with Gasteiger partial charge in [0, 0.05) is 17.0 Å². The first-order valence-electron chi connectivity index (χ1n) is 9.84. The van der Waals surface area contributed by atoms with Crippen LogP contribution in [0.5, 0.6) is 5.75 Å². The van der Waals surface area contributed by atoms with Crippen molar-refractivity contribution >= 4 is 22.6 Å². The van der Waals surface area contributed by atoms with Gasteiger partial charge in [-0.15, -0.1) is 0 Å². The number of hydrogen-bond acceptors (Lipinski definition) is 3. The molecule has 0 spiro atoms. The Hall–Kier alpha value is -2.26. The normalized spacial score (nSPS) is 13.6. The summed E-state index contributed by atoms with van der Waals surface area (Å²) in [5.41, 5.74) is 8.39. The minimum absolute atomic E-state index is 0.225. The van der Waals surface area contributed by atoms with Gasteiger partial charge in [-0.25, -0.2) is 4.79 Å². The lowest BCUT2D eigenvalue weighted by Gasteiger charge is -2.18. The van der Waals surface area contributed by atoms with Crippen molar-refractivity contribution in [2.24, 2.45) is 0 Å². The number of halogens is 1. The number of hydrogen-bond donors (Lipinski definition) is 0. The van der Waals surface area contributed by atoms with Crippen LogP contribution < -0.4 is 10.4 Å². The zero-order chi connectivity index (χ0) is 20.0. The van der Waals surface area contributed by atoms with Crippen molar-refractivity contribution in [2.45, 2.75) is 60.0 Å². The van der Waals surface area contributed by atoms with Crippen LogP contribution in [0.3, 0.4) is 0 Å². The summed E-state index contributed by atoms with van der Waals surface area (Å²) in [5, 5.41) is 1.49. The summed E-state index contributed by atoms with van der Waals surface area (Å²) in [6.07, 6.45) is 3.81. The van der Waals surface area contributed by atoms with Crippen molar-refractivity contribution in [1.82, 2.24) is 0 Å². The van der Waals surface area contributed by atoms with Gasteiger partial charge >= 0.3 is 5.63 Å². The van der Waals surface area contributed by atoms with Crippen molar-refractivity contribution in [3.63, 3.8) is 0 Å². The van der Waals surface area contributed by atoms with Crippen molar-refractivity contribution < 1.29 is 9.15 Å². The third-order valence-corrected chi connectivity index (χ3v) is 6.46. The maximum atomic E-state index is 12.4. The van der Waals surface area contributed by atoms with E-state index in [0.29, 0.717) is 23.0 Å². The number of fused-ring (bicyclic) bond motifs is 3. The molecule has 146 valence electrons. The largest absolute Gasteiger partial charge is 0.487 e. The van der Waals surface area contributed by atoms with Crippen LogP contribution in [0.25, 0.3) is 11.0 Å². The summed E-state index contributed by atoms with van der Waals surface area (Å²) < 4.78 is 11.7. The first kappa shape index (κ1) is 19.1. The van der Waals surface area contributed by atoms with E-state index in [-0.39, 0.29) is 5.63 Å². The molecule has 0 unspecified atom stereocenters. The highest BCUT2D eigenvalue weighted by atomic mass is 35.5. The van der Waals surface area contributed by atoms with Gasteiger partial charge in [0.2, 0.25) is 0 Å². The molecule has 4 rings (SSSR count). The van der Waals surface area contributed by atoms with Crippen LogP contribution in [0.15, 0.2) is 27.4 Å². The first-order chi connectivity index (χ1) is 13.4. The Kier molecular flexibility index (Phi) is 4.96. The summed E-state index contributed by atoms with van der Waals surface area (Å²) in [7, 11) is 0. The van der Waals surface area contributed by atoms with Gasteiger partial charge in [-0.2, -0.15) is 0 Å². The van der Waals surface area contributed by atoms with E-state index in [1.54, 1.807) is 6.07 Å². The molecule has 0 bridgehead atoms. The summed E-state index contributed by atoms with van der Waals surface area (Å²) in [6, 6.07) is 5.86. The molecule has 4 heteroatoms. The Bertz CT molecular complexity index is 1120. The molecule has 3 nitrogen and oxygen atoms in total. The zero-order valence-corrected chi connectivity index (χ0v) is 17.6. The van der Waals surface area contributed by atoms with E-state index in [1.807, 2.05) is 6.07 Å². The predicted molar refractivity (Wildman–Crippen MR) is 114 cm³/mol. The third kappa shape index (κ3) is 3.22. The van der Waals surface area contributed by atoms with Crippen LogP contribution >= 0.6 is 11.6 Å². The quantitative estimate of drug-likeness (QED) is 0.499. The number of ether oxygens (including phenoxy) is 1. The average Bonchev–Trinajstić information content (AvgIpc) is 2.68. The number of benzene rings is 2. The van der Waals surface area contributed by atoms with Crippen molar-refractivity contribution in [3.8, 4) is 5.75 Å². The molecule has 0 atom stereocenters. The standard InChI is InChI=1S/C24H25ClO3/c1-13-9-14(2)16(4)20(15(13)3)12-27-23-11-22-19(10-21(23)25)17-7-5-6-8-18(17)24(26)28-22/h9-11H,5-8,12H2,1-4H3. The molecule has 0 saturated carbocycles. The molecular formula is C24H25ClO3. The van der Waals surface area contributed by atoms with Crippen molar-refractivity contribution in [2.75, 3.05) is 0 Å². The van der Waals surface area contributed by atoms with Crippen LogP contribution in [0.2, 0.25) is 5.02 Å². The number of aryl methyl sites for hydroxylation is 3. The van der Waals surface area contributed by atoms with E-state index >= 15 is 0 Å². The highest BCUT2D eigenvalue weighted by molar-refractivity contribution is 6.32. The maximum absolute atomic E-state index is 12.4. The molecule has 1 aromatic heterocycles. The monoisotopic (exact) mass is 396 g/mol. The summed E-state index contributed by atoms with van der Waals surface area (Å²) in [6.45, 7) is 8.90. The molecule has 1 aliphatic carbocycles. The lowest BCUT2D eigenvalue weighted by Crippen LogP contribution is -2.15. The smallest absolute Gasteiger partial charge is 0.339 e. The first-order valence-corrected chi connectivity index (χ1v) is 10.2. The molecule has 1 aliphatic rings. The molecule has 0 saturated heterocycles. The fraction of sp³-hybridized carbons (Fsp3) is 0.375. The lowest BCUT2D eigenvalue weighted by molar-refractivity contribution is 0.304. The highest BCUT2D eigenvalue weighted by Gasteiger charge is 2.20. The zero-order valence-electron chi connectivity index (χ0n) is 16.9. The van der Waals surface area contributed by atoms with E-state index in [1.165, 1.54) is 27.8 Å². The minimum atomic E-state index is -0.225. The molecule has 1 heterocycles. The Labute approximate surface area is 170 Å². The van der Waals surface area contributed by atoms with E-state index < -0.39 is 0 Å². The van der Waals surface area contributed by atoms with Crippen molar-refractivity contribution in [1.29, 1.82) is 0 Å². The minimum Gasteiger partial charge on any atom is -0.487 e.